The first-order valence-corrected chi connectivity index (χ1v) is 6.31. The van der Waals surface area contributed by atoms with E-state index in [0.29, 0.717) is 11.1 Å². The van der Waals surface area contributed by atoms with E-state index >= 15 is 0 Å². The van der Waals surface area contributed by atoms with Crippen molar-refractivity contribution in [3.63, 3.8) is 0 Å². The van der Waals surface area contributed by atoms with E-state index in [0.717, 1.165) is 36.4 Å². The molecule has 0 aliphatic rings. The van der Waals surface area contributed by atoms with Gasteiger partial charge in [0.1, 0.15) is 5.52 Å². The molecule has 0 saturated heterocycles. The zero-order valence-corrected chi connectivity index (χ0v) is 10.9. The molecule has 2 rings (SSSR count). The molecular weight excluding hydrogens is 236 g/mol. The summed E-state index contributed by atoms with van der Waals surface area (Å²) in [7, 11) is 0. The Labute approximate surface area is 106 Å². The lowest BCUT2D eigenvalue weighted by Gasteiger charge is -2.05. The molecule has 2 aromatic rings. The van der Waals surface area contributed by atoms with Gasteiger partial charge in [0, 0.05) is 17.5 Å². The van der Waals surface area contributed by atoms with E-state index in [9.17, 15) is 0 Å². The molecule has 0 saturated carbocycles. The van der Waals surface area contributed by atoms with Crippen molar-refractivity contribution >= 4 is 22.7 Å². The van der Waals surface area contributed by atoms with Gasteiger partial charge in [-0.15, -0.1) is 0 Å². The number of hydrogen-bond donors (Lipinski definition) is 1. The highest BCUT2D eigenvalue weighted by atomic mass is 35.5. The zero-order valence-electron chi connectivity index (χ0n) is 10.2. The number of hydrogen-bond acceptors (Lipinski definition) is 3. The van der Waals surface area contributed by atoms with Gasteiger partial charge in [0.15, 0.2) is 11.5 Å². The number of oxazole rings is 1. The Morgan fingerprint density at radius 1 is 1.41 bits per heavy atom. The molecule has 0 radical (unpaired) electrons. The van der Waals surface area contributed by atoms with Crippen LogP contribution in [-0.4, -0.2) is 17.6 Å². The quantitative estimate of drug-likeness (QED) is 0.829. The molecule has 3 nitrogen and oxygen atoms in total. The summed E-state index contributed by atoms with van der Waals surface area (Å²) in [6.07, 6.45) is 1.88. The average Bonchev–Trinajstić information content (AvgIpc) is 2.66. The Balaban J connectivity index is 1.95. The van der Waals surface area contributed by atoms with Gasteiger partial charge in [0.25, 0.3) is 0 Å². The second-order valence-electron chi connectivity index (χ2n) is 4.43. The second-order valence-corrected chi connectivity index (χ2v) is 4.87. The molecule has 0 atom stereocenters. The van der Waals surface area contributed by atoms with E-state index < -0.39 is 0 Å². The number of fused-ring (bicyclic) bond motifs is 1. The van der Waals surface area contributed by atoms with Crippen LogP contribution >= 0.6 is 11.6 Å². The van der Waals surface area contributed by atoms with E-state index in [1.807, 2.05) is 18.2 Å². The predicted octanol–water partition coefficient (Wildman–Crippen LogP) is 3.41. The Bertz CT molecular complexity index is 493. The number of nitrogens with one attached hydrogen (secondary N) is 1. The van der Waals surface area contributed by atoms with Gasteiger partial charge in [0.2, 0.25) is 0 Å². The van der Waals surface area contributed by atoms with Crippen LogP contribution in [0, 0.1) is 0 Å². The van der Waals surface area contributed by atoms with Gasteiger partial charge in [-0.3, -0.25) is 0 Å². The molecular formula is C13H17ClN2O. The zero-order chi connectivity index (χ0) is 12.3. The molecule has 0 spiro atoms. The minimum absolute atomic E-state index is 0.525. The maximum absolute atomic E-state index is 5.90. The van der Waals surface area contributed by atoms with Crippen LogP contribution in [0.2, 0.25) is 5.02 Å². The largest absolute Gasteiger partial charge is 0.441 e. The molecule has 0 fully saturated rings. The number of benzene rings is 1. The van der Waals surface area contributed by atoms with Crippen LogP contribution in [0.25, 0.3) is 11.1 Å². The van der Waals surface area contributed by atoms with Gasteiger partial charge >= 0.3 is 0 Å². The van der Waals surface area contributed by atoms with Gasteiger partial charge in [-0.2, -0.15) is 0 Å². The molecule has 0 bridgehead atoms. The first kappa shape index (κ1) is 12.4. The minimum atomic E-state index is 0.525. The van der Waals surface area contributed by atoms with Crippen molar-refractivity contribution in [2.75, 3.05) is 6.54 Å². The summed E-state index contributed by atoms with van der Waals surface area (Å²) in [4.78, 5) is 4.41. The highest BCUT2D eigenvalue weighted by Crippen LogP contribution is 2.20. The number of aromatic nitrogens is 1. The summed E-state index contributed by atoms with van der Waals surface area (Å²) in [5.74, 6) is 0.785. The van der Waals surface area contributed by atoms with Crippen molar-refractivity contribution in [3.05, 3.63) is 29.1 Å². The van der Waals surface area contributed by atoms with Crippen LogP contribution in [0.4, 0.5) is 0 Å². The topological polar surface area (TPSA) is 38.1 Å². The first-order chi connectivity index (χ1) is 8.15. The molecule has 0 unspecified atom stereocenters. The number of halogens is 1. The molecule has 17 heavy (non-hydrogen) atoms. The summed E-state index contributed by atoms with van der Waals surface area (Å²) in [6.45, 7) is 5.26. The van der Waals surface area contributed by atoms with Gasteiger partial charge in [-0.1, -0.05) is 25.4 Å². The standard InChI is InChI=1S/C13H17ClN2O/c1-9(2)15-7-3-4-13-16-11-8-10(14)5-6-12(11)17-13/h5-6,8-9,15H,3-4,7H2,1-2H3. The molecule has 0 aliphatic heterocycles. The van der Waals surface area contributed by atoms with Crippen LogP contribution < -0.4 is 5.32 Å². The monoisotopic (exact) mass is 252 g/mol. The molecule has 92 valence electrons. The predicted molar refractivity (Wildman–Crippen MR) is 70.5 cm³/mol. The van der Waals surface area contributed by atoms with Crippen molar-refractivity contribution in [2.24, 2.45) is 0 Å². The second kappa shape index (κ2) is 5.52. The molecule has 1 aromatic heterocycles. The summed E-state index contributed by atoms with van der Waals surface area (Å²) >= 11 is 5.90. The molecule has 0 amide bonds. The van der Waals surface area contributed by atoms with Gasteiger partial charge in [0.05, 0.1) is 0 Å². The van der Waals surface area contributed by atoms with E-state index in [1.165, 1.54) is 0 Å². The van der Waals surface area contributed by atoms with Crippen LogP contribution in [0.5, 0.6) is 0 Å². The van der Waals surface area contributed by atoms with Gasteiger partial charge in [-0.05, 0) is 31.2 Å². The van der Waals surface area contributed by atoms with Crippen molar-refractivity contribution in [1.82, 2.24) is 10.3 Å². The third-order valence-corrected chi connectivity index (χ3v) is 2.75. The van der Waals surface area contributed by atoms with Crippen LogP contribution in [0.3, 0.4) is 0 Å². The maximum Gasteiger partial charge on any atom is 0.195 e. The molecule has 1 aromatic carbocycles. The van der Waals surface area contributed by atoms with Crippen LogP contribution in [0.15, 0.2) is 22.6 Å². The molecule has 1 heterocycles. The smallest absolute Gasteiger partial charge is 0.195 e. The van der Waals surface area contributed by atoms with E-state index in [4.69, 9.17) is 16.0 Å². The average molecular weight is 253 g/mol. The number of rotatable bonds is 5. The summed E-state index contributed by atoms with van der Waals surface area (Å²) in [5, 5.41) is 4.06. The fourth-order valence-corrected chi connectivity index (χ4v) is 1.85. The summed E-state index contributed by atoms with van der Waals surface area (Å²) in [6, 6.07) is 6.04. The first-order valence-electron chi connectivity index (χ1n) is 5.93. The maximum atomic E-state index is 5.90. The highest BCUT2D eigenvalue weighted by molar-refractivity contribution is 6.31. The SMILES string of the molecule is CC(C)NCCCc1nc2cc(Cl)ccc2o1. The molecule has 0 aliphatic carbocycles. The fourth-order valence-electron chi connectivity index (χ4n) is 1.69. The highest BCUT2D eigenvalue weighted by Gasteiger charge is 2.05. The van der Waals surface area contributed by atoms with E-state index in [1.54, 1.807) is 0 Å². The number of nitrogens with zero attached hydrogens (tertiary/aromatic N) is 1. The Kier molecular flexibility index (Phi) is 4.02. The Hall–Kier alpha value is -1.06. The number of aryl methyl sites for hydroxylation is 1. The van der Waals surface area contributed by atoms with Crippen molar-refractivity contribution in [2.45, 2.75) is 32.7 Å². The van der Waals surface area contributed by atoms with E-state index in [2.05, 4.69) is 24.1 Å². The van der Waals surface area contributed by atoms with Gasteiger partial charge in [-0.25, -0.2) is 4.98 Å². The van der Waals surface area contributed by atoms with E-state index in [-0.39, 0.29) is 0 Å². The molecule has 4 heteroatoms. The van der Waals surface area contributed by atoms with Gasteiger partial charge < -0.3 is 9.73 Å². The lowest BCUT2D eigenvalue weighted by atomic mass is 10.3. The lowest BCUT2D eigenvalue weighted by Crippen LogP contribution is -2.23. The minimum Gasteiger partial charge on any atom is -0.441 e. The Morgan fingerprint density at radius 2 is 2.24 bits per heavy atom. The third kappa shape index (κ3) is 3.45. The van der Waals surface area contributed by atoms with Crippen LogP contribution in [-0.2, 0) is 6.42 Å². The Morgan fingerprint density at radius 3 is 3.00 bits per heavy atom. The van der Waals surface area contributed by atoms with Crippen LogP contribution in [0.1, 0.15) is 26.2 Å². The normalized spacial score (nSPS) is 11.5. The summed E-state index contributed by atoms with van der Waals surface area (Å²) < 4.78 is 5.63. The van der Waals surface area contributed by atoms with Crippen molar-refractivity contribution < 1.29 is 4.42 Å². The van der Waals surface area contributed by atoms with Crippen molar-refractivity contribution in [1.29, 1.82) is 0 Å². The molecule has 1 N–H and O–H groups in total. The van der Waals surface area contributed by atoms with Crippen molar-refractivity contribution in [3.8, 4) is 0 Å². The fraction of sp³-hybridized carbons (Fsp3) is 0.462. The third-order valence-electron chi connectivity index (χ3n) is 2.51. The lowest BCUT2D eigenvalue weighted by molar-refractivity contribution is 0.500. The summed E-state index contributed by atoms with van der Waals surface area (Å²) in [5.41, 5.74) is 1.64.